The van der Waals surface area contributed by atoms with Crippen molar-refractivity contribution < 1.29 is 9.90 Å². The second-order valence-corrected chi connectivity index (χ2v) is 4.03. The van der Waals surface area contributed by atoms with Crippen LogP contribution in [0, 0.1) is 0 Å². The number of phenols is 1. The summed E-state index contributed by atoms with van der Waals surface area (Å²) in [5.74, 6) is 0.451. The number of halogens is 1. The molecule has 88 valence electrons. The van der Waals surface area contributed by atoms with Crippen LogP contribution in [0.25, 0.3) is 0 Å². The molecule has 0 aliphatic rings. The van der Waals surface area contributed by atoms with Crippen molar-refractivity contribution in [3.05, 3.63) is 28.8 Å². The maximum absolute atomic E-state index is 11.6. The third-order valence-electron chi connectivity index (χ3n) is 2.65. The molecule has 0 radical (unpaired) electrons. The minimum absolute atomic E-state index is 0.0315. The fourth-order valence-corrected chi connectivity index (χ4v) is 2.00. The normalized spacial score (nSPS) is 10.4. The molecule has 0 spiro atoms. The number of phenolic OH excluding ortho intramolecular Hbond substituents is 1. The second kappa shape index (κ2) is 5.90. The molecule has 0 amide bonds. The lowest BCUT2D eigenvalue weighted by atomic mass is 9.97. The fourth-order valence-electron chi connectivity index (χ4n) is 1.75. The van der Waals surface area contributed by atoms with Gasteiger partial charge >= 0.3 is 0 Å². The molecule has 2 nitrogen and oxygen atoms in total. The van der Waals surface area contributed by atoms with E-state index in [0.717, 1.165) is 24.0 Å². The molecule has 0 aliphatic carbocycles. The number of rotatable bonds is 5. The van der Waals surface area contributed by atoms with Crippen LogP contribution in [0.15, 0.2) is 12.1 Å². The lowest BCUT2D eigenvalue weighted by molar-refractivity contribution is 0.0985. The Morgan fingerprint density at radius 3 is 2.56 bits per heavy atom. The molecule has 0 bridgehead atoms. The highest BCUT2D eigenvalue weighted by molar-refractivity contribution is 6.17. The Morgan fingerprint density at radius 1 is 1.38 bits per heavy atom. The first-order valence-corrected chi connectivity index (χ1v) is 6.12. The van der Waals surface area contributed by atoms with Crippen molar-refractivity contribution in [2.75, 3.05) is 0 Å². The summed E-state index contributed by atoms with van der Waals surface area (Å²) >= 11 is 5.81. The average Bonchev–Trinajstić information content (AvgIpc) is 2.31. The van der Waals surface area contributed by atoms with Gasteiger partial charge in [-0.25, -0.2) is 0 Å². The number of carbonyl (C=O) groups is 1. The highest BCUT2D eigenvalue weighted by Crippen LogP contribution is 2.29. The minimum Gasteiger partial charge on any atom is -0.507 e. The predicted molar refractivity (Wildman–Crippen MR) is 66.3 cm³/mol. The van der Waals surface area contributed by atoms with Gasteiger partial charge < -0.3 is 5.11 Å². The van der Waals surface area contributed by atoms with E-state index in [-0.39, 0.29) is 11.5 Å². The highest BCUT2D eigenvalue weighted by atomic mass is 35.5. The second-order valence-electron chi connectivity index (χ2n) is 3.76. The summed E-state index contributed by atoms with van der Waals surface area (Å²) in [4.78, 5) is 11.6. The van der Waals surface area contributed by atoms with E-state index >= 15 is 0 Å². The van der Waals surface area contributed by atoms with Crippen LogP contribution < -0.4 is 0 Å². The molecule has 16 heavy (non-hydrogen) atoms. The molecule has 1 rings (SSSR count). The molecule has 0 fully saturated rings. The minimum atomic E-state index is -0.0315. The molecule has 3 heteroatoms. The van der Waals surface area contributed by atoms with E-state index in [2.05, 4.69) is 0 Å². The first kappa shape index (κ1) is 13.0. The van der Waals surface area contributed by atoms with Crippen molar-refractivity contribution in [2.45, 2.75) is 39.0 Å². The van der Waals surface area contributed by atoms with Crippen LogP contribution in [0.5, 0.6) is 5.75 Å². The van der Waals surface area contributed by atoms with E-state index in [1.165, 1.54) is 0 Å². The molecule has 0 aromatic heterocycles. The van der Waals surface area contributed by atoms with Gasteiger partial charge in [-0.2, -0.15) is 0 Å². The van der Waals surface area contributed by atoms with E-state index in [9.17, 15) is 9.90 Å². The third kappa shape index (κ3) is 2.56. The third-order valence-corrected chi connectivity index (χ3v) is 2.93. The smallest absolute Gasteiger partial charge is 0.166 e. The molecule has 0 atom stereocenters. The quantitative estimate of drug-likeness (QED) is 0.630. The Labute approximate surface area is 101 Å². The van der Waals surface area contributed by atoms with Crippen molar-refractivity contribution in [1.29, 1.82) is 0 Å². The van der Waals surface area contributed by atoms with Crippen LogP contribution in [0.2, 0.25) is 0 Å². The average molecular weight is 241 g/mol. The van der Waals surface area contributed by atoms with Gasteiger partial charge in [-0.1, -0.05) is 26.3 Å². The number of alkyl halides is 1. The molecule has 0 saturated carbocycles. The summed E-state index contributed by atoms with van der Waals surface area (Å²) in [6.45, 7) is 3.82. The number of Topliss-reactive ketones (excluding diaryl/α,β-unsaturated/α-hetero) is 1. The van der Waals surface area contributed by atoms with Crippen molar-refractivity contribution in [1.82, 2.24) is 0 Å². The number of aromatic hydroxyl groups is 1. The van der Waals surface area contributed by atoms with Crippen LogP contribution in [0.1, 0.15) is 48.2 Å². The summed E-state index contributed by atoms with van der Waals surface area (Å²) in [7, 11) is 0. The zero-order valence-electron chi connectivity index (χ0n) is 9.72. The zero-order valence-corrected chi connectivity index (χ0v) is 10.5. The van der Waals surface area contributed by atoms with Crippen LogP contribution >= 0.6 is 11.6 Å². The van der Waals surface area contributed by atoms with Gasteiger partial charge in [0.1, 0.15) is 5.75 Å². The summed E-state index contributed by atoms with van der Waals surface area (Å²) in [6.07, 6.45) is 2.07. The van der Waals surface area contributed by atoms with Crippen LogP contribution in [-0.2, 0) is 12.3 Å². The van der Waals surface area contributed by atoms with Gasteiger partial charge in [0.05, 0.1) is 5.56 Å². The molecular weight excluding hydrogens is 224 g/mol. The van der Waals surface area contributed by atoms with E-state index in [0.29, 0.717) is 17.9 Å². The van der Waals surface area contributed by atoms with Crippen molar-refractivity contribution in [3.63, 3.8) is 0 Å². The fraction of sp³-hybridized carbons (Fsp3) is 0.462. The van der Waals surface area contributed by atoms with Crippen molar-refractivity contribution in [3.8, 4) is 5.75 Å². The van der Waals surface area contributed by atoms with Gasteiger partial charge in [-0.15, -0.1) is 11.6 Å². The first-order chi connectivity index (χ1) is 7.65. The topological polar surface area (TPSA) is 37.3 Å². The molecule has 1 N–H and O–H groups in total. The van der Waals surface area contributed by atoms with Crippen molar-refractivity contribution in [2.24, 2.45) is 0 Å². The Kier molecular flexibility index (Phi) is 4.81. The Morgan fingerprint density at radius 2 is 2.06 bits per heavy atom. The van der Waals surface area contributed by atoms with Crippen molar-refractivity contribution >= 4 is 17.4 Å². The number of benzene rings is 1. The van der Waals surface area contributed by atoms with Gasteiger partial charge in [-0.3, -0.25) is 4.79 Å². The Balaban J connectivity index is 3.25. The SMILES string of the molecule is CCCc1c(CCl)ccc(C(=O)CC)c1O. The molecular formula is C13H17ClO2. The van der Waals surface area contributed by atoms with E-state index in [4.69, 9.17) is 11.6 Å². The Hall–Kier alpha value is -1.02. The van der Waals surface area contributed by atoms with Crippen LogP contribution in [0.4, 0.5) is 0 Å². The Bertz CT molecular complexity index is 386. The summed E-state index contributed by atoms with van der Waals surface area (Å²) in [5, 5.41) is 10.1. The van der Waals surface area contributed by atoms with E-state index < -0.39 is 0 Å². The van der Waals surface area contributed by atoms with Crippen LogP contribution in [0.3, 0.4) is 0 Å². The highest BCUT2D eigenvalue weighted by Gasteiger charge is 2.15. The zero-order chi connectivity index (χ0) is 12.1. The molecule has 1 aromatic carbocycles. The van der Waals surface area contributed by atoms with Gasteiger partial charge in [0.2, 0.25) is 0 Å². The molecule has 0 unspecified atom stereocenters. The van der Waals surface area contributed by atoms with E-state index in [1.54, 1.807) is 13.0 Å². The number of hydrogen-bond donors (Lipinski definition) is 1. The maximum atomic E-state index is 11.6. The summed E-state index contributed by atoms with van der Waals surface area (Å²) in [6, 6.07) is 3.50. The monoisotopic (exact) mass is 240 g/mol. The largest absolute Gasteiger partial charge is 0.507 e. The van der Waals surface area contributed by atoms with E-state index in [1.807, 2.05) is 13.0 Å². The lowest BCUT2D eigenvalue weighted by Crippen LogP contribution is -2.02. The van der Waals surface area contributed by atoms with Gasteiger partial charge in [-0.05, 0) is 23.6 Å². The first-order valence-electron chi connectivity index (χ1n) is 5.58. The lowest BCUT2D eigenvalue weighted by Gasteiger charge is -2.12. The summed E-state index contributed by atoms with van der Waals surface area (Å²) in [5.41, 5.74) is 2.14. The number of carbonyl (C=O) groups excluding carboxylic acids is 1. The van der Waals surface area contributed by atoms with Gasteiger partial charge in [0, 0.05) is 12.3 Å². The maximum Gasteiger partial charge on any atom is 0.166 e. The molecule has 1 aromatic rings. The van der Waals surface area contributed by atoms with Gasteiger partial charge in [0.15, 0.2) is 5.78 Å². The molecule has 0 saturated heterocycles. The van der Waals surface area contributed by atoms with Crippen LogP contribution in [-0.4, -0.2) is 10.9 Å². The number of ketones is 1. The molecule has 0 aliphatic heterocycles. The standard InChI is InChI=1S/C13H17ClO2/c1-3-5-10-9(8-14)6-7-11(13(10)16)12(15)4-2/h6-7,16H,3-5,8H2,1-2H3. The van der Waals surface area contributed by atoms with Gasteiger partial charge in [0.25, 0.3) is 0 Å². The summed E-state index contributed by atoms with van der Waals surface area (Å²) < 4.78 is 0. The molecule has 0 heterocycles. The predicted octanol–water partition coefficient (Wildman–Crippen LogP) is 3.68. The number of hydrogen-bond acceptors (Lipinski definition) is 2.